The standard InChI is InChI=1S/C19H19NO6S.2C14H19NO5S.C11H14O5/c1-19-13(26-19)8-11-12(16(22)23-2)9-24-17(14(11)19)25-18(27)20-15(21)10-6-4-3-5-7-10;2*1-14-9(20-14)5-7-8(11(16)17-4)6-18-12(10(7)14)19-13(21)15(2)3;1-11-7(16-11)3-5-6(9(12)14-2)4-15-10(13)8(5)11/h3-7,9,11,13-14,17H,8H2,1-2H3,(H,20,21,27);2*6-7,9-10,12H,5H2,1-4H3;4-5,7-8,10,13H,3H2,1-2H3. The van der Waals surface area contributed by atoms with Gasteiger partial charge in [-0.15, -0.1) is 0 Å². The van der Waals surface area contributed by atoms with E-state index in [0.29, 0.717) is 44.6 Å². The highest BCUT2D eigenvalue weighted by Crippen LogP contribution is 2.64. The van der Waals surface area contributed by atoms with Gasteiger partial charge < -0.3 is 86.0 Å². The first-order valence-electron chi connectivity index (χ1n) is 27.8. The van der Waals surface area contributed by atoms with Crippen LogP contribution in [-0.2, 0) is 90.2 Å². The molecule has 1 aromatic rings. The Bertz CT molecular complexity index is 2920. The van der Waals surface area contributed by atoms with E-state index in [1.807, 2.05) is 62.0 Å². The largest absolute Gasteiger partial charge is 0.472 e. The highest BCUT2D eigenvalue weighted by molar-refractivity contribution is 7.80. The van der Waals surface area contributed by atoms with Crippen molar-refractivity contribution < 1.29 is 100 Å². The van der Waals surface area contributed by atoms with E-state index >= 15 is 0 Å². The highest BCUT2D eigenvalue weighted by Gasteiger charge is 2.74. The molecule has 1 amide bonds. The number of hydrogen-bond donors (Lipinski definition) is 2. The number of ether oxygens (including phenoxy) is 15. The number of carbonyl (C=O) groups is 5. The Morgan fingerprint density at radius 2 is 0.800 bits per heavy atom. The molecule has 8 heterocycles. The van der Waals surface area contributed by atoms with Crippen LogP contribution in [0, 0.1) is 47.3 Å². The zero-order chi connectivity index (χ0) is 61.4. The molecule has 4 aliphatic carbocycles. The third kappa shape index (κ3) is 11.4. The molecule has 85 heavy (non-hydrogen) atoms. The lowest BCUT2D eigenvalue weighted by Gasteiger charge is -2.36. The SMILES string of the molecule is COC(=O)C1=COC(O)C2C1CC1OC12C.COC(=O)C1=COC(OC(=S)N(C)C)C2C1CC1OC12C.COC(=O)C1=COC(OC(=S)N(C)C)C2C1CC1OC12C.COC(=O)C1=COC(OC(=S)NC(=O)c2ccccc2)C2C1CC1OC12C. The second kappa shape index (κ2) is 23.5. The van der Waals surface area contributed by atoms with Crippen molar-refractivity contribution in [2.75, 3.05) is 56.6 Å². The fourth-order valence-electron chi connectivity index (χ4n) is 13.8. The van der Waals surface area contributed by atoms with E-state index < -0.39 is 36.7 Å². The van der Waals surface area contributed by atoms with Crippen LogP contribution in [0.4, 0.5) is 0 Å². The molecule has 20 atom stereocenters. The second-order valence-electron chi connectivity index (χ2n) is 23.7. The monoisotopic (exact) mass is 1240 g/mol. The van der Waals surface area contributed by atoms with E-state index in [4.69, 9.17) is 108 Å². The summed E-state index contributed by atoms with van der Waals surface area (Å²) >= 11 is 15.5. The summed E-state index contributed by atoms with van der Waals surface area (Å²) in [5, 5.41) is 13.0. The van der Waals surface area contributed by atoms with Crippen LogP contribution in [0.5, 0.6) is 0 Å². The maximum Gasteiger partial charge on any atom is 0.337 e. The minimum atomic E-state index is -0.893. The van der Waals surface area contributed by atoms with Crippen molar-refractivity contribution in [2.45, 2.75) is 125 Å². The van der Waals surface area contributed by atoms with Gasteiger partial charge in [0.2, 0.25) is 25.2 Å². The van der Waals surface area contributed by atoms with Crippen LogP contribution in [0.15, 0.2) is 77.7 Å². The average molecular weight is 1240 g/mol. The molecule has 13 rings (SSSR count). The number of hydrogen-bond acceptors (Lipinski definition) is 24. The Hall–Kier alpha value is -6.20. The number of nitrogens with zero attached hydrogens (tertiary/aromatic N) is 2. The van der Waals surface area contributed by atoms with Crippen LogP contribution < -0.4 is 5.32 Å². The lowest BCUT2D eigenvalue weighted by Crippen LogP contribution is -2.45. The van der Waals surface area contributed by atoms with Crippen molar-refractivity contribution in [3.05, 3.63) is 83.2 Å². The van der Waals surface area contributed by atoms with Gasteiger partial charge in [0.25, 0.3) is 21.4 Å². The summed E-state index contributed by atoms with van der Waals surface area (Å²) in [6.07, 6.45) is 6.30. The number of thiocarbonyl (C=S) groups is 3. The summed E-state index contributed by atoms with van der Waals surface area (Å²) in [5.41, 5.74) is 1.14. The summed E-state index contributed by atoms with van der Waals surface area (Å²) in [7, 11) is 12.7. The van der Waals surface area contributed by atoms with Gasteiger partial charge in [0.05, 0.1) is 124 Å². The van der Waals surface area contributed by atoms with E-state index in [1.165, 1.54) is 53.5 Å². The van der Waals surface area contributed by atoms with Crippen molar-refractivity contribution >= 4 is 82.0 Å². The molecule has 24 nitrogen and oxygen atoms in total. The van der Waals surface area contributed by atoms with Crippen LogP contribution >= 0.6 is 36.7 Å². The number of methoxy groups -OCH3 is 4. The molecule has 20 unspecified atom stereocenters. The van der Waals surface area contributed by atoms with E-state index in [9.17, 15) is 29.1 Å². The quantitative estimate of drug-likeness (QED) is 0.160. The molecule has 8 fully saturated rings. The molecule has 0 spiro atoms. The van der Waals surface area contributed by atoms with Crippen LogP contribution in [0.2, 0.25) is 0 Å². The number of epoxide rings is 4. The molecular weight excluding hydrogens is 1170 g/mol. The molecule has 12 aliphatic rings. The van der Waals surface area contributed by atoms with E-state index in [2.05, 4.69) is 5.32 Å². The number of fused-ring (bicyclic) bond motifs is 12. The number of benzene rings is 1. The number of carbonyl (C=O) groups excluding carboxylic acids is 5. The Labute approximate surface area is 507 Å². The Morgan fingerprint density at radius 1 is 0.494 bits per heavy atom. The maximum atomic E-state index is 12.2. The molecule has 4 saturated carbocycles. The summed E-state index contributed by atoms with van der Waals surface area (Å²) in [6.45, 7) is 7.98. The highest BCUT2D eigenvalue weighted by atomic mass is 32.1. The van der Waals surface area contributed by atoms with Gasteiger partial charge in [0.15, 0.2) is 0 Å². The predicted molar refractivity (Wildman–Crippen MR) is 304 cm³/mol. The molecular formula is C58H71N3O21S3. The number of rotatable bonds is 8. The third-order valence-corrected chi connectivity index (χ3v) is 19.7. The number of amides is 1. The summed E-state index contributed by atoms with van der Waals surface area (Å²) in [6, 6.07) is 8.70. The zero-order valence-corrected chi connectivity index (χ0v) is 51.4. The van der Waals surface area contributed by atoms with Gasteiger partial charge in [-0.3, -0.25) is 10.1 Å². The van der Waals surface area contributed by atoms with Gasteiger partial charge in [-0.1, -0.05) is 18.2 Å². The molecule has 0 aromatic heterocycles. The molecule has 0 bridgehead atoms. The van der Waals surface area contributed by atoms with Crippen molar-refractivity contribution in [1.29, 1.82) is 0 Å². The van der Waals surface area contributed by atoms with Crippen molar-refractivity contribution in [3.8, 4) is 0 Å². The zero-order valence-electron chi connectivity index (χ0n) is 49.0. The van der Waals surface area contributed by atoms with E-state index in [-0.39, 0.29) is 118 Å². The van der Waals surface area contributed by atoms with Gasteiger partial charge >= 0.3 is 23.9 Å². The number of aliphatic hydroxyl groups is 1. The average Bonchev–Trinajstić information content (AvgIpc) is 1.80. The van der Waals surface area contributed by atoms with E-state index in [0.717, 1.165) is 19.3 Å². The first-order valence-corrected chi connectivity index (χ1v) is 29.0. The molecule has 4 saturated heterocycles. The van der Waals surface area contributed by atoms with E-state index in [1.54, 1.807) is 34.1 Å². The molecule has 0 radical (unpaired) electrons. The van der Waals surface area contributed by atoms with Crippen molar-refractivity contribution in [2.24, 2.45) is 47.3 Å². The lowest BCUT2D eigenvalue weighted by atomic mass is 9.82. The molecule has 27 heteroatoms. The summed E-state index contributed by atoms with van der Waals surface area (Å²) in [4.78, 5) is 63.0. The van der Waals surface area contributed by atoms with Crippen molar-refractivity contribution in [1.82, 2.24) is 15.1 Å². The number of nitrogens with one attached hydrogen (secondary N) is 1. The molecule has 1 aromatic carbocycles. The van der Waals surface area contributed by atoms with Gasteiger partial charge in [-0.2, -0.15) is 0 Å². The first-order chi connectivity index (χ1) is 40.3. The number of aliphatic hydroxyl groups excluding tert-OH is 1. The minimum Gasteiger partial charge on any atom is -0.472 e. The summed E-state index contributed by atoms with van der Waals surface area (Å²) < 4.78 is 81.2. The Kier molecular flexibility index (Phi) is 17.1. The fourth-order valence-corrected chi connectivity index (χ4v) is 14.1. The Balaban J connectivity index is 0.000000128. The van der Waals surface area contributed by atoms with Gasteiger partial charge in [-0.25, -0.2) is 19.2 Å². The second-order valence-corrected chi connectivity index (χ2v) is 24.8. The lowest BCUT2D eigenvalue weighted by molar-refractivity contribution is -0.150. The van der Waals surface area contributed by atoms with Gasteiger partial charge in [0, 0.05) is 57.4 Å². The van der Waals surface area contributed by atoms with Crippen LogP contribution in [0.25, 0.3) is 0 Å². The minimum absolute atomic E-state index is 0.0139. The molecule has 8 aliphatic heterocycles. The molecule has 2 N–H and O–H groups in total. The fraction of sp³-hybridized carbons (Fsp3) is 0.621. The van der Waals surface area contributed by atoms with Crippen LogP contribution in [0.1, 0.15) is 63.7 Å². The Morgan fingerprint density at radius 3 is 1.13 bits per heavy atom. The summed E-state index contributed by atoms with van der Waals surface area (Å²) in [5.74, 6) is -2.50. The number of esters is 4. The van der Waals surface area contributed by atoms with Crippen molar-refractivity contribution in [3.63, 3.8) is 0 Å². The van der Waals surface area contributed by atoms with Gasteiger partial charge in [0.1, 0.15) is 22.4 Å². The topological polar surface area (TPSA) is 276 Å². The van der Waals surface area contributed by atoms with Crippen LogP contribution in [0.3, 0.4) is 0 Å². The first kappa shape index (κ1) is 61.9. The normalized spacial score (nSPS) is 39.0. The third-order valence-electron chi connectivity index (χ3n) is 18.6. The molecule has 462 valence electrons. The van der Waals surface area contributed by atoms with Gasteiger partial charge in [-0.05, 0) is 102 Å². The maximum absolute atomic E-state index is 12.2. The predicted octanol–water partition coefficient (Wildman–Crippen LogP) is 4.22. The smallest absolute Gasteiger partial charge is 0.337 e. The van der Waals surface area contributed by atoms with Crippen LogP contribution in [-0.4, -0.2) is 189 Å².